The van der Waals surface area contributed by atoms with Gasteiger partial charge in [-0.3, -0.25) is 4.79 Å². The summed E-state index contributed by atoms with van der Waals surface area (Å²) in [5.41, 5.74) is 1.02. The minimum Gasteiger partial charge on any atom is -1.00 e. The van der Waals surface area contributed by atoms with E-state index in [2.05, 4.69) is 11.7 Å². The van der Waals surface area contributed by atoms with E-state index in [1.54, 1.807) is 13.0 Å². The maximum atomic E-state index is 12.3. The molecule has 3 N–H and O–H groups in total. The monoisotopic (exact) mass is 389 g/mol. The van der Waals surface area contributed by atoms with Gasteiger partial charge in [0.25, 0.3) is 0 Å². The van der Waals surface area contributed by atoms with Gasteiger partial charge in [0.05, 0.1) is 36.2 Å². The van der Waals surface area contributed by atoms with Crippen LogP contribution in [-0.2, 0) is 22.5 Å². The molecule has 138 valence electrons. The van der Waals surface area contributed by atoms with E-state index in [9.17, 15) is 14.7 Å². The fourth-order valence-electron chi connectivity index (χ4n) is 2.60. The third-order valence-corrected chi connectivity index (χ3v) is 4.28. The number of benzene rings is 1. The van der Waals surface area contributed by atoms with Crippen LogP contribution in [0.1, 0.15) is 30.0 Å². The number of quaternary nitrogens is 1. The van der Waals surface area contributed by atoms with Gasteiger partial charge < -0.3 is 32.0 Å². The number of rotatable bonds is 6. The molecule has 0 fully saturated rings. The molecule has 0 unspecified atom stereocenters. The van der Waals surface area contributed by atoms with Gasteiger partial charge in [-0.05, 0) is 25.0 Å². The highest BCUT2D eigenvalue weighted by Crippen LogP contribution is 2.35. The van der Waals surface area contributed by atoms with Crippen molar-refractivity contribution in [1.82, 2.24) is 0 Å². The van der Waals surface area contributed by atoms with Crippen LogP contribution >= 0.6 is 11.6 Å². The lowest BCUT2D eigenvalue weighted by atomic mass is 10.0. The first-order valence-electron chi connectivity index (χ1n) is 7.75. The van der Waals surface area contributed by atoms with Crippen LogP contribution in [0.25, 0.3) is 11.0 Å². The second kappa shape index (κ2) is 9.08. The number of phenols is 1. The number of aryl methyl sites for hydroxylation is 1. The van der Waals surface area contributed by atoms with Crippen LogP contribution in [0.2, 0.25) is 5.02 Å². The largest absolute Gasteiger partial charge is 1.00 e. The third kappa shape index (κ3) is 4.45. The minimum atomic E-state index is -0.608. The second-order valence-corrected chi connectivity index (χ2v) is 6.00. The van der Waals surface area contributed by atoms with Crippen molar-refractivity contribution in [2.75, 3.05) is 13.7 Å². The summed E-state index contributed by atoms with van der Waals surface area (Å²) in [5, 5.41) is 13.0. The molecule has 0 bridgehead atoms. The average molecular weight is 390 g/mol. The fraction of sp³-hybridized carbons (Fsp3) is 0.412. The van der Waals surface area contributed by atoms with E-state index in [4.69, 9.17) is 16.0 Å². The van der Waals surface area contributed by atoms with Gasteiger partial charge in [-0.2, -0.15) is 0 Å². The predicted octanol–water partition coefficient (Wildman–Crippen LogP) is -1.35. The minimum absolute atomic E-state index is 0. The van der Waals surface area contributed by atoms with Gasteiger partial charge >= 0.3 is 11.6 Å². The molecule has 0 radical (unpaired) electrons. The Balaban J connectivity index is 0.00000312. The zero-order valence-corrected chi connectivity index (χ0v) is 15.8. The maximum absolute atomic E-state index is 12.3. The molecule has 2 rings (SSSR count). The number of carbonyl (C=O) groups excluding carboxylic acids is 1. The molecule has 25 heavy (non-hydrogen) atoms. The number of hydrogen-bond donors (Lipinski definition) is 2. The predicted molar refractivity (Wildman–Crippen MR) is 90.4 cm³/mol. The van der Waals surface area contributed by atoms with Crippen LogP contribution in [0.3, 0.4) is 0 Å². The summed E-state index contributed by atoms with van der Waals surface area (Å²) in [6, 6.07) is 1.55. The van der Waals surface area contributed by atoms with Gasteiger partial charge in [-0.15, -0.1) is 0 Å². The molecule has 0 spiro atoms. The summed E-state index contributed by atoms with van der Waals surface area (Å²) < 4.78 is 10.0. The highest BCUT2D eigenvalue weighted by Gasteiger charge is 2.21. The molecule has 0 atom stereocenters. The molecular formula is C17H21Cl2NO5. The van der Waals surface area contributed by atoms with Gasteiger partial charge in [0, 0.05) is 5.39 Å². The Labute approximate surface area is 156 Å². The van der Waals surface area contributed by atoms with E-state index in [0.717, 1.165) is 13.0 Å². The van der Waals surface area contributed by atoms with Gasteiger partial charge in [-0.25, -0.2) is 4.79 Å². The quantitative estimate of drug-likeness (QED) is 0.362. The molecule has 1 aromatic carbocycles. The summed E-state index contributed by atoms with van der Waals surface area (Å²) in [6.45, 7) is 5.09. The van der Waals surface area contributed by atoms with E-state index < -0.39 is 11.6 Å². The van der Waals surface area contributed by atoms with Crippen molar-refractivity contribution in [1.29, 1.82) is 0 Å². The Kier molecular flexibility index (Phi) is 7.73. The van der Waals surface area contributed by atoms with Crippen LogP contribution in [0.4, 0.5) is 0 Å². The van der Waals surface area contributed by atoms with Crippen LogP contribution in [-0.4, -0.2) is 24.7 Å². The number of methoxy groups -OCH3 is 1. The Hall–Kier alpha value is -1.76. The lowest BCUT2D eigenvalue weighted by molar-refractivity contribution is -0.670. The summed E-state index contributed by atoms with van der Waals surface area (Å²) in [4.78, 5) is 23.8. The number of carbonyl (C=O) groups is 1. The van der Waals surface area contributed by atoms with Crippen LogP contribution < -0.4 is 23.3 Å². The third-order valence-electron chi connectivity index (χ3n) is 3.99. The first-order chi connectivity index (χ1) is 11.4. The smallest absolute Gasteiger partial charge is 0.340 e. The van der Waals surface area contributed by atoms with Crippen LogP contribution in [0, 0.1) is 6.92 Å². The first kappa shape index (κ1) is 21.3. The normalized spacial score (nSPS) is 10.6. The van der Waals surface area contributed by atoms with E-state index in [1.807, 2.05) is 5.32 Å². The summed E-state index contributed by atoms with van der Waals surface area (Å²) in [5.74, 6) is -0.606. The average Bonchev–Trinajstić information content (AvgIpc) is 2.56. The topological polar surface area (TPSA) is 93.4 Å². The van der Waals surface area contributed by atoms with Crippen molar-refractivity contribution in [2.24, 2.45) is 0 Å². The first-order valence-corrected chi connectivity index (χ1v) is 8.13. The molecule has 0 aliphatic carbocycles. The molecule has 2 aromatic rings. The van der Waals surface area contributed by atoms with Crippen molar-refractivity contribution in [3.63, 3.8) is 0 Å². The van der Waals surface area contributed by atoms with E-state index in [0.29, 0.717) is 28.6 Å². The summed E-state index contributed by atoms with van der Waals surface area (Å²) in [6.07, 6.45) is 0.807. The molecule has 0 aliphatic heterocycles. The number of aromatic hydroxyl groups is 1. The van der Waals surface area contributed by atoms with E-state index in [1.165, 1.54) is 7.11 Å². The zero-order valence-electron chi connectivity index (χ0n) is 14.3. The van der Waals surface area contributed by atoms with E-state index >= 15 is 0 Å². The Bertz CT molecular complexity index is 832. The molecule has 8 heteroatoms. The number of phenolic OH excluding ortho intramolecular Hbond substituents is 1. The van der Waals surface area contributed by atoms with Gasteiger partial charge in [0.15, 0.2) is 5.58 Å². The number of hydrogen-bond acceptors (Lipinski definition) is 5. The van der Waals surface area contributed by atoms with Crippen molar-refractivity contribution in [3.05, 3.63) is 38.2 Å². The molecule has 0 saturated carbocycles. The second-order valence-electron chi connectivity index (χ2n) is 5.59. The number of esters is 1. The Morgan fingerprint density at radius 3 is 2.68 bits per heavy atom. The highest BCUT2D eigenvalue weighted by molar-refractivity contribution is 6.33. The van der Waals surface area contributed by atoms with Gasteiger partial charge in [-0.1, -0.05) is 18.5 Å². The summed E-state index contributed by atoms with van der Waals surface area (Å²) >= 11 is 6.13. The van der Waals surface area contributed by atoms with Crippen molar-refractivity contribution in [2.45, 2.75) is 33.2 Å². The molecule has 1 aromatic heterocycles. The SMILES string of the molecule is CCC[NH2+]Cc1c(O)c(Cl)cc2c(C)c(CC(=O)OC)c(=O)oc12.[Cl-]. The van der Waals surface area contributed by atoms with Crippen LogP contribution in [0.5, 0.6) is 5.75 Å². The standard InChI is InChI=1S/C17H20ClNO5.ClH/c1-4-5-19-8-12-15(21)13(18)6-10-9(2)11(7-14(20)23-3)17(22)24-16(10)12;/h6,19,21H,4-5,7-8H2,1-3H3;1H. The van der Waals surface area contributed by atoms with Crippen molar-refractivity contribution >= 4 is 28.5 Å². The van der Waals surface area contributed by atoms with Crippen molar-refractivity contribution in [3.8, 4) is 5.75 Å². The molecule has 0 aliphatic rings. The molecule has 1 heterocycles. The number of ether oxygens (including phenoxy) is 1. The number of fused-ring (bicyclic) bond motifs is 1. The zero-order chi connectivity index (χ0) is 17.9. The molecule has 0 amide bonds. The molecule has 0 saturated heterocycles. The number of nitrogens with two attached hydrogens (primary N) is 1. The molecule has 6 nitrogen and oxygen atoms in total. The van der Waals surface area contributed by atoms with Crippen LogP contribution in [0.15, 0.2) is 15.3 Å². The van der Waals surface area contributed by atoms with E-state index in [-0.39, 0.29) is 35.2 Å². The lowest BCUT2D eigenvalue weighted by Gasteiger charge is -2.12. The van der Waals surface area contributed by atoms with Gasteiger partial charge in [0.1, 0.15) is 12.3 Å². The maximum Gasteiger partial charge on any atom is 0.340 e. The highest BCUT2D eigenvalue weighted by atomic mass is 35.5. The van der Waals surface area contributed by atoms with Gasteiger partial charge in [0.2, 0.25) is 0 Å². The molecular weight excluding hydrogens is 369 g/mol. The fourth-order valence-corrected chi connectivity index (χ4v) is 2.82. The summed E-state index contributed by atoms with van der Waals surface area (Å²) in [7, 11) is 1.26. The number of halogens is 2. The van der Waals surface area contributed by atoms with Crippen molar-refractivity contribution < 1.29 is 36.8 Å². The lowest BCUT2D eigenvalue weighted by Crippen LogP contribution is -3.00. The Morgan fingerprint density at radius 1 is 1.40 bits per heavy atom. The Morgan fingerprint density at radius 2 is 2.08 bits per heavy atom.